The van der Waals surface area contributed by atoms with Gasteiger partial charge in [0.2, 0.25) is 0 Å². The Labute approximate surface area is 145 Å². The quantitative estimate of drug-likeness (QED) is 0.795. The van der Waals surface area contributed by atoms with Crippen molar-refractivity contribution in [2.45, 2.75) is 78.2 Å². The van der Waals surface area contributed by atoms with Crippen molar-refractivity contribution in [2.75, 3.05) is 0 Å². The van der Waals surface area contributed by atoms with Gasteiger partial charge >= 0.3 is 0 Å². The predicted molar refractivity (Wildman–Crippen MR) is 92.3 cm³/mol. The van der Waals surface area contributed by atoms with E-state index in [0.717, 1.165) is 32.1 Å². The molecule has 1 N–H and O–H groups in total. The molecule has 4 aliphatic carbocycles. The number of aliphatic hydroxyl groups excluding tert-OH is 1. The van der Waals surface area contributed by atoms with Crippen LogP contribution in [-0.4, -0.2) is 22.8 Å². The van der Waals surface area contributed by atoms with Crippen LogP contribution in [0, 0.1) is 40.4 Å². The van der Waals surface area contributed by atoms with Crippen LogP contribution in [0.4, 0.5) is 0 Å². The molecule has 3 nitrogen and oxygen atoms in total. The van der Waals surface area contributed by atoms with Gasteiger partial charge in [-0.15, -0.1) is 0 Å². The molecule has 0 aromatic rings. The molecule has 0 aromatic heterocycles. The summed E-state index contributed by atoms with van der Waals surface area (Å²) in [7, 11) is 0. The van der Waals surface area contributed by atoms with Crippen LogP contribution in [0.25, 0.3) is 0 Å². The van der Waals surface area contributed by atoms with Gasteiger partial charge in [0.25, 0.3) is 0 Å². The van der Waals surface area contributed by atoms with Gasteiger partial charge in [0.15, 0.2) is 0 Å². The summed E-state index contributed by atoms with van der Waals surface area (Å²) in [4.78, 5) is 25.4. The Hall–Kier alpha value is -0.700. The average Bonchev–Trinajstić information content (AvgIpc) is 2.88. The zero-order chi connectivity index (χ0) is 17.3. The van der Waals surface area contributed by atoms with Gasteiger partial charge in [0.05, 0.1) is 6.10 Å². The third kappa shape index (κ3) is 2.06. The van der Waals surface area contributed by atoms with E-state index >= 15 is 0 Å². The van der Waals surface area contributed by atoms with E-state index in [1.54, 1.807) is 6.92 Å². The van der Waals surface area contributed by atoms with Crippen molar-refractivity contribution in [3.8, 4) is 0 Å². The number of rotatable bonds is 1. The standard InChI is InChI=1S/C21H32O3/c1-12(22)16-6-7-17-15-5-4-13-10-14(23)8-9-20(13,2)18(15)11-19(24)21(16,17)3/h13-18,23H,4-11H2,1-3H3/t13?,14-,15?,16-,17?,18?,20+,21-/m1/s1. The van der Waals surface area contributed by atoms with Crippen LogP contribution < -0.4 is 0 Å². The maximum absolute atomic E-state index is 13.2. The summed E-state index contributed by atoms with van der Waals surface area (Å²) in [6, 6.07) is 0. The van der Waals surface area contributed by atoms with Crippen molar-refractivity contribution in [1.82, 2.24) is 0 Å². The Balaban J connectivity index is 1.68. The number of Topliss-reactive ketones (excluding diaryl/α,β-unsaturated/α-hetero) is 2. The highest BCUT2D eigenvalue weighted by Crippen LogP contribution is 2.66. The molecule has 0 amide bonds. The first-order valence-electron chi connectivity index (χ1n) is 10.00. The Morgan fingerprint density at radius 1 is 1.08 bits per heavy atom. The lowest BCUT2D eigenvalue weighted by Crippen LogP contribution is -2.57. The van der Waals surface area contributed by atoms with Crippen LogP contribution >= 0.6 is 0 Å². The van der Waals surface area contributed by atoms with E-state index in [2.05, 4.69) is 13.8 Å². The molecular weight excluding hydrogens is 300 g/mol. The van der Waals surface area contributed by atoms with Crippen molar-refractivity contribution in [3.05, 3.63) is 0 Å². The molecule has 134 valence electrons. The molecule has 0 heterocycles. The van der Waals surface area contributed by atoms with E-state index < -0.39 is 5.41 Å². The number of fused-ring (bicyclic) bond motifs is 5. The zero-order valence-corrected chi connectivity index (χ0v) is 15.4. The highest BCUT2D eigenvalue weighted by molar-refractivity contribution is 5.93. The van der Waals surface area contributed by atoms with Crippen molar-refractivity contribution in [1.29, 1.82) is 0 Å². The number of hydrogen-bond donors (Lipinski definition) is 1. The minimum Gasteiger partial charge on any atom is -0.393 e. The third-order valence-corrected chi connectivity index (χ3v) is 8.99. The van der Waals surface area contributed by atoms with Crippen molar-refractivity contribution < 1.29 is 14.7 Å². The molecule has 4 fully saturated rings. The first kappa shape index (κ1) is 16.8. The molecule has 0 spiro atoms. The molecule has 8 atom stereocenters. The molecule has 0 aliphatic heterocycles. The number of aliphatic hydroxyl groups is 1. The smallest absolute Gasteiger partial charge is 0.140 e. The van der Waals surface area contributed by atoms with Gasteiger partial charge in [0.1, 0.15) is 11.6 Å². The molecule has 0 bridgehead atoms. The van der Waals surface area contributed by atoms with Gasteiger partial charge in [-0.05, 0) is 81.0 Å². The Kier molecular flexibility index (Phi) is 3.77. The summed E-state index contributed by atoms with van der Waals surface area (Å²) in [6.45, 7) is 6.18. The van der Waals surface area contributed by atoms with Crippen molar-refractivity contribution in [2.24, 2.45) is 40.4 Å². The first-order chi connectivity index (χ1) is 11.3. The van der Waals surface area contributed by atoms with Gasteiger partial charge in [-0.2, -0.15) is 0 Å². The summed E-state index contributed by atoms with van der Waals surface area (Å²) in [6.07, 6.45) is 7.75. The largest absolute Gasteiger partial charge is 0.393 e. The molecular formula is C21H32O3. The maximum atomic E-state index is 13.2. The molecule has 0 saturated heterocycles. The van der Waals surface area contributed by atoms with E-state index in [1.807, 2.05) is 0 Å². The fourth-order valence-electron chi connectivity index (χ4n) is 7.59. The van der Waals surface area contributed by atoms with Crippen LogP contribution in [-0.2, 0) is 9.59 Å². The monoisotopic (exact) mass is 332 g/mol. The zero-order valence-electron chi connectivity index (χ0n) is 15.4. The molecule has 4 unspecified atom stereocenters. The molecule has 0 radical (unpaired) electrons. The lowest BCUT2D eigenvalue weighted by Gasteiger charge is -2.60. The summed E-state index contributed by atoms with van der Waals surface area (Å²) < 4.78 is 0. The molecule has 4 rings (SSSR count). The van der Waals surface area contributed by atoms with Crippen LogP contribution in [0.3, 0.4) is 0 Å². The van der Waals surface area contributed by atoms with Gasteiger partial charge in [0, 0.05) is 17.8 Å². The summed E-state index contributed by atoms with van der Waals surface area (Å²) in [5, 5.41) is 10.1. The highest BCUT2D eigenvalue weighted by Gasteiger charge is 2.64. The van der Waals surface area contributed by atoms with Gasteiger partial charge in [-0.3, -0.25) is 9.59 Å². The second-order valence-corrected chi connectivity index (χ2v) is 9.74. The lowest BCUT2D eigenvalue weighted by atomic mass is 9.44. The molecule has 24 heavy (non-hydrogen) atoms. The molecule has 4 aliphatic rings. The molecule has 4 saturated carbocycles. The topological polar surface area (TPSA) is 54.4 Å². The van der Waals surface area contributed by atoms with Gasteiger partial charge < -0.3 is 5.11 Å². The minimum atomic E-state index is -0.398. The average molecular weight is 332 g/mol. The van der Waals surface area contributed by atoms with Crippen molar-refractivity contribution in [3.63, 3.8) is 0 Å². The summed E-state index contributed by atoms with van der Waals surface area (Å²) >= 11 is 0. The third-order valence-electron chi connectivity index (χ3n) is 8.99. The van der Waals surface area contributed by atoms with Crippen LogP contribution in [0.2, 0.25) is 0 Å². The van der Waals surface area contributed by atoms with E-state index in [4.69, 9.17) is 0 Å². The second-order valence-electron chi connectivity index (χ2n) is 9.74. The summed E-state index contributed by atoms with van der Waals surface area (Å²) in [5.74, 6) is 2.59. The molecule has 0 aromatic carbocycles. The number of ketones is 2. The fourth-order valence-corrected chi connectivity index (χ4v) is 7.59. The summed E-state index contributed by atoms with van der Waals surface area (Å²) in [5.41, 5.74) is -0.183. The second kappa shape index (κ2) is 5.40. The van der Waals surface area contributed by atoms with Crippen LogP contribution in [0.1, 0.15) is 72.1 Å². The van der Waals surface area contributed by atoms with Gasteiger partial charge in [-0.1, -0.05) is 13.8 Å². The minimum absolute atomic E-state index is 0.0466. The number of carbonyl (C=O) groups is 2. The predicted octanol–water partition coefficient (Wildman–Crippen LogP) is 3.77. The Morgan fingerprint density at radius 2 is 1.83 bits per heavy atom. The van der Waals surface area contributed by atoms with Crippen molar-refractivity contribution >= 4 is 11.6 Å². The Bertz CT molecular complexity index is 569. The maximum Gasteiger partial charge on any atom is 0.140 e. The fraction of sp³-hybridized carbons (Fsp3) is 0.905. The first-order valence-corrected chi connectivity index (χ1v) is 10.00. The van der Waals surface area contributed by atoms with E-state index in [0.29, 0.717) is 35.9 Å². The number of carbonyl (C=O) groups excluding carboxylic acids is 2. The van der Waals surface area contributed by atoms with E-state index in [9.17, 15) is 14.7 Å². The normalized spacial score (nSPS) is 53.9. The van der Waals surface area contributed by atoms with Crippen LogP contribution in [0.15, 0.2) is 0 Å². The molecule has 3 heteroatoms. The highest BCUT2D eigenvalue weighted by atomic mass is 16.3. The van der Waals surface area contributed by atoms with Crippen LogP contribution in [0.5, 0.6) is 0 Å². The van der Waals surface area contributed by atoms with Gasteiger partial charge in [-0.25, -0.2) is 0 Å². The SMILES string of the molecule is CC(=O)[C@H]1CCC2C3CCC4C[C@H](O)CC[C@]4(C)C3CC(=O)[C@@]21C. The lowest BCUT2D eigenvalue weighted by molar-refractivity contribution is -0.161. The Morgan fingerprint density at radius 3 is 2.54 bits per heavy atom. The number of hydrogen-bond acceptors (Lipinski definition) is 3. The van der Waals surface area contributed by atoms with E-state index in [1.165, 1.54) is 12.8 Å². The van der Waals surface area contributed by atoms with E-state index in [-0.39, 0.29) is 23.2 Å².